The van der Waals surface area contributed by atoms with E-state index < -0.39 is 18.0 Å². The first kappa shape index (κ1) is 21.0. The van der Waals surface area contributed by atoms with Gasteiger partial charge in [0.2, 0.25) is 0 Å². The number of hydrogen-bond acceptors (Lipinski definition) is 4. The zero-order chi connectivity index (χ0) is 22.9. The smallest absolute Gasteiger partial charge is 0.455 e. The Morgan fingerprint density at radius 3 is 2.53 bits per heavy atom. The highest BCUT2D eigenvalue weighted by atomic mass is 19.4. The molecule has 0 unspecified atom stereocenters. The average Bonchev–Trinajstić information content (AvgIpc) is 3.10. The molecular formula is C22H16F3N3O4. The molecular weight excluding hydrogens is 427 g/mol. The van der Waals surface area contributed by atoms with Gasteiger partial charge < -0.3 is 24.8 Å². The Balaban J connectivity index is 1.56. The molecule has 0 aliphatic rings. The second-order valence-corrected chi connectivity index (χ2v) is 6.87. The fraction of sp³-hybridized carbons (Fsp3) is 0.0909. The molecule has 1 aromatic heterocycles. The average molecular weight is 443 g/mol. The van der Waals surface area contributed by atoms with Gasteiger partial charge in [-0.1, -0.05) is 18.2 Å². The maximum atomic E-state index is 12.5. The van der Waals surface area contributed by atoms with Gasteiger partial charge in [0.1, 0.15) is 17.0 Å². The number of rotatable bonds is 5. The molecule has 0 saturated carbocycles. The van der Waals surface area contributed by atoms with Crippen molar-refractivity contribution in [3.8, 4) is 17.2 Å². The molecule has 0 bridgehead atoms. The number of fused-ring (bicyclic) bond motifs is 1. The number of H-pyrrole nitrogens is 2. The van der Waals surface area contributed by atoms with Gasteiger partial charge in [-0.25, -0.2) is 4.79 Å². The van der Waals surface area contributed by atoms with Crippen molar-refractivity contribution in [2.75, 3.05) is 5.32 Å². The third-order valence-electron chi connectivity index (χ3n) is 4.51. The molecule has 164 valence electrons. The molecule has 4 aromatic rings. The lowest BCUT2D eigenvalue weighted by Gasteiger charge is -2.13. The highest BCUT2D eigenvalue weighted by molar-refractivity contribution is 6.04. The molecule has 1 amide bonds. The molecule has 3 N–H and O–H groups in total. The number of hydrogen-bond donors (Lipinski definition) is 3. The van der Waals surface area contributed by atoms with E-state index in [1.807, 2.05) is 0 Å². The van der Waals surface area contributed by atoms with Crippen LogP contribution >= 0.6 is 0 Å². The maximum Gasteiger partial charge on any atom is 0.573 e. The molecule has 0 radical (unpaired) electrons. The summed E-state index contributed by atoms with van der Waals surface area (Å²) in [7, 11) is 0. The Morgan fingerprint density at radius 2 is 1.75 bits per heavy atom. The SMILES string of the molecule is Cc1ccc(NC(=O)c2cccc(OC(F)(F)F)c2)cc1Oc1cccc2[nH]c(=O)[nH]c12. The van der Waals surface area contributed by atoms with E-state index in [2.05, 4.69) is 20.0 Å². The van der Waals surface area contributed by atoms with Crippen molar-refractivity contribution >= 4 is 22.6 Å². The van der Waals surface area contributed by atoms with Gasteiger partial charge in [-0.2, -0.15) is 0 Å². The first-order chi connectivity index (χ1) is 15.2. The van der Waals surface area contributed by atoms with E-state index in [4.69, 9.17) is 4.74 Å². The zero-order valence-electron chi connectivity index (χ0n) is 16.5. The number of imidazole rings is 1. The number of benzene rings is 3. The van der Waals surface area contributed by atoms with Crippen LogP contribution in [0.25, 0.3) is 11.0 Å². The molecule has 3 aromatic carbocycles. The Bertz CT molecular complexity index is 1360. The van der Waals surface area contributed by atoms with Crippen LogP contribution in [0.1, 0.15) is 15.9 Å². The standard InChI is InChI=1S/C22H16F3N3O4/c1-12-8-9-14(26-20(29)13-4-2-5-15(10-13)32-22(23,24)25)11-18(12)31-17-7-3-6-16-19(17)28-21(30)27-16/h2-11H,1H3,(H,26,29)(H2,27,28,30). The summed E-state index contributed by atoms with van der Waals surface area (Å²) in [6.07, 6.45) is -4.86. The highest BCUT2D eigenvalue weighted by Crippen LogP contribution is 2.31. The monoisotopic (exact) mass is 443 g/mol. The van der Waals surface area contributed by atoms with Gasteiger partial charge in [-0.05, 0) is 48.9 Å². The van der Waals surface area contributed by atoms with Crippen molar-refractivity contribution in [3.05, 3.63) is 82.3 Å². The van der Waals surface area contributed by atoms with Crippen LogP contribution < -0.4 is 20.5 Å². The number of alkyl halides is 3. The number of carbonyl (C=O) groups is 1. The number of amides is 1. The van der Waals surface area contributed by atoms with Crippen molar-refractivity contribution in [3.63, 3.8) is 0 Å². The van der Waals surface area contributed by atoms with Crippen molar-refractivity contribution in [1.82, 2.24) is 9.97 Å². The quantitative estimate of drug-likeness (QED) is 0.400. The minimum absolute atomic E-state index is 0.00976. The van der Waals surface area contributed by atoms with Gasteiger partial charge in [-0.3, -0.25) is 4.79 Å². The van der Waals surface area contributed by atoms with Crippen LogP contribution in [0.4, 0.5) is 18.9 Å². The number of halogens is 3. The minimum Gasteiger partial charge on any atom is -0.455 e. The van der Waals surface area contributed by atoms with E-state index in [1.54, 1.807) is 43.3 Å². The van der Waals surface area contributed by atoms with Crippen LogP contribution in [0.3, 0.4) is 0 Å². The van der Waals surface area contributed by atoms with Gasteiger partial charge in [0, 0.05) is 17.3 Å². The zero-order valence-corrected chi connectivity index (χ0v) is 16.5. The number of ether oxygens (including phenoxy) is 2. The summed E-state index contributed by atoms with van der Waals surface area (Å²) in [4.78, 5) is 29.4. The van der Waals surface area contributed by atoms with Gasteiger partial charge in [-0.15, -0.1) is 13.2 Å². The van der Waals surface area contributed by atoms with Crippen LogP contribution in [-0.4, -0.2) is 22.2 Å². The van der Waals surface area contributed by atoms with Gasteiger partial charge >= 0.3 is 12.1 Å². The van der Waals surface area contributed by atoms with Gasteiger partial charge in [0.25, 0.3) is 5.91 Å². The number of aromatic amines is 2. The predicted molar refractivity (Wildman–Crippen MR) is 111 cm³/mol. The van der Waals surface area contributed by atoms with Crippen molar-refractivity contribution < 1.29 is 27.4 Å². The summed E-state index contributed by atoms with van der Waals surface area (Å²) in [5.74, 6) is -0.285. The van der Waals surface area contributed by atoms with Crippen LogP contribution in [0.5, 0.6) is 17.2 Å². The molecule has 0 saturated heterocycles. The summed E-state index contributed by atoms with van der Waals surface area (Å²) in [6.45, 7) is 1.80. The topological polar surface area (TPSA) is 96.2 Å². The second kappa shape index (κ2) is 8.14. The molecule has 1 heterocycles. The minimum atomic E-state index is -4.86. The molecule has 7 nitrogen and oxygen atoms in total. The van der Waals surface area contributed by atoms with Gasteiger partial charge in [0.15, 0.2) is 5.75 Å². The Morgan fingerprint density at radius 1 is 0.969 bits per heavy atom. The van der Waals surface area contributed by atoms with Crippen LogP contribution in [0.2, 0.25) is 0 Å². The van der Waals surface area contributed by atoms with E-state index in [0.29, 0.717) is 28.2 Å². The van der Waals surface area contributed by atoms with Crippen LogP contribution in [0.15, 0.2) is 65.5 Å². The number of aromatic nitrogens is 2. The number of anilines is 1. The molecule has 0 fully saturated rings. The maximum absolute atomic E-state index is 12.5. The summed E-state index contributed by atoms with van der Waals surface area (Å²) < 4.78 is 47.1. The molecule has 0 aliphatic carbocycles. The molecule has 0 atom stereocenters. The van der Waals surface area contributed by atoms with E-state index in [9.17, 15) is 22.8 Å². The molecule has 10 heteroatoms. The van der Waals surface area contributed by atoms with Crippen LogP contribution in [0, 0.1) is 6.92 Å². The molecule has 4 rings (SSSR count). The summed E-state index contributed by atoms with van der Waals surface area (Å²) in [5, 5.41) is 2.62. The lowest BCUT2D eigenvalue weighted by atomic mass is 10.1. The van der Waals surface area contributed by atoms with E-state index in [-0.39, 0.29) is 11.3 Å². The third kappa shape index (κ3) is 4.75. The van der Waals surface area contributed by atoms with E-state index in [1.165, 1.54) is 12.1 Å². The van der Waals surface area contributed by atoms with Crippen molar-refractivity contribution in [2.24, 2.45) is 0 Å². The predicted octanol–water partition coefficient (Wildman–Crippen LogP) is 5.11. The normalized spacial score (nSPS) is 11.4. The molecule has 0 spiro atoms. The Hall–Kier alpha value is -4.21. The number of nitrogens with one attached hydrogen (secondary N) is 3. The van der Waals surface area contributed by atoms with Crippen molar-refractivity contribution in [2.45, 2.75) is 13.3 Å². The first-order valence-corrected chi connectivity index (χ1v) is 9.35. The lowest BCUT2D eigenvalue weighted by molar-refractivity contribution is -0.274. The largest absolute Gasteiger partial charge is 0.573 e. The fourth-order valence-corrected chi connectivity index (χ4v) is 3.06. The summed E-state index contributed by atoms with van der Waals surface area (Å²) >= 11 is 0. The third-order valence-corrected chi connectivity index (χ3v) is 4.51. The van der Waals surface area contributed by atoms with Gasteiger partial charge in [0.05, 0.1) is 5.52 Å². The summed E-state index contributed by atoms with van der Waals surface area (Å²) in [5.41, 5.74) is 1.82. The fourth-order valence-electron chi connectivity index (χ4n) is 3.06. The number of carbonyl (C=O) groups excluding carboxylic acids is 1. The highest BCUT2D eigenvalue weighted by Gasteiger charge is 2.31. The molecule has 0 aliphatic heterocycles. The Labute approximate surface area is 178 Å². The second-order valence-electron chi connectivity index (χ2n) is 6.87. The Kier molecular flexibility index (Phi) is 5.35. The van der Waals surface area contributed by atoms with Crippen molar-refractivity contribution in [1.29, 1.82) is 0 Å². The lowest BCUT2D eigenvalue weighted by Crippen LogP contribution is -2.18. The molecule has 32 heavy (non-hydrogen) atoms. The van der Waals surface area contributed by atoms with E-state index >= 15 is 0 Å². The number of para-hydroxylation sites is 1. The summed E-state index contributed by atoms with van der Waals surface area (Å²) in [6, 6.07) is 14.8. The van der Waals surface area contributed by atoms with E-state index in [0.717, 1.165) is 17.7 Å². The van der Waals surface area contributed by atoms with Crippen LogP contribution in [-0.2, 0) is 0 Å². The first-order valence-electron chi connectivity index (χ1n) is 9.35. The number of aryl methyl sites for hydroxylation is 1.